The van der Waals surface area contributed by atoms with E-state index in [1.807, 2.05) is 7.05 Å². The van der Waals surface area contributed by atoms with Gasteiger partial charge >= 0.3 is 0 Å². The number of nitrogens with one attached hydrogen (secondary N) is 1. The number of aliphatic imine (C=N–C) groups is 1. The number of hydrogen-bond donors (Lipinski definition) is 2. The van der Waals surface area contributed by atoms with Gasteiger partial charge in [-0.3, -0.25) is 10.4 Å². The topological polar surface area (TPSA) is 104 Å². The number of nitrogens with zero attached hydrogens (tertiary/aromatic N) is 4. The van der Waals surface area contributed by atoms with Crippen LogP contribution in [0.15, 0.2) is 38.9 Å². The van der Waals surface area contributed by atoms with Crippen molar-refractivity contribution in [2.45, 2.75) is 11.8 Å². The van der Waals surface area contributed by atoms with E-state index in [0.717, 1.165) is 0 Å². The minimum Gasteiger partial charge on any atom is -0.494 e. The standard InChI is InChI=1S/C16H23ClN6O3S/c1-11-15(17)19-16(18)20-23(11)13-5-4-12(10-14(13)26-3)27(24,25)22-8-6-21(2)7-9-22/h4-5,10H,6-9H2,1-3H3,(H3,18,19,20). The van der Waals surface area contributed by atoms with E-state index in [1.54, 1.807) is 24.1 Å². The molecule has 1 saturated heterocycles. The monoisotopic (exact) mass is 414 g/mol. The molecule has 9 nitrogen and oxygen atoms in total. The van der Waals surface area contributed by atoms with Crippen LogP contribution in [0.2, 0.25) is 0 Å². The maximum atomic E-state index is 13.0. The van der Waals surface area contributed by atoms with Crippen LogP contribution in [0.25, 0.3) is 0 Å². The maximum absolute atomic E-state index is 13.0. The number of guanidine groups is 1. The maximum Gasteiger partial charge on any atom is 0.243 e. The first-order chi connectivity index (χ1) is 12.7. The molecule has 2 aliphatic rings. The van der Waals surface area contributed by atoms with Crippen LogP contribution >= 0.6 is 11.6 Å². The van der Waals surface area contributed by atoms with Crippen molar-refractivity contribution in [3.05, 3.63) is 29.1 Å². The minimum atomic E-state index is -3.60. The van der Waals surface area contributed by atoms with Gasteiger partial charge in [-0.1, -0.05) is 11.6 Å². The fourth-order valence-corrected chi connectivity index (χ4v) is 4.54. The first-order valence-electron chi connectivity index (χ1n) is 8.38. The van der Waals surface area contributed by atoms with Crippen molar-refractivity contribution in [3.8, 4) is 5.75 Å². The van der Waals surface area contributed by atoms with Crippen molar-refractivity contribution in [2.24, 2.45) is 10.7 Å². The normalized spacial score (nSPS) is 19.7. The van der Waals surface area contributed by atoms with Crippen LogP contribution in [0, 0.1) is 0 Å². The predicted octanol–water partition coefficient (Wildman–Crippen LogP) is 0.698. The van der Waals surface area contributed by atoms with Crippen molar-refractivity contribution in [1.29, 1.82) is 0 Å². The Balaban J connectivity index is 1.94. The number of nitrogens with two attached hydrogens (primary N) is 1. The van der Waals surface area contributed by atoms with Crippen LogP contribution in [0.3, 0.4) is 0 Å². The Morgan fingerprint density at radius 1 is 1.26 bits per heavy atom. The van der Waals surface area contributed by atoms with Gasteiger partial charge in [0, 0.05) is 32.2 Å². The zero-order valence-corrected chi connectivity index (χ0v) is 17.0. The van der Waals surface area contributed by atoms with Crippen molar-refractivity contribution >= 4 is 33.3 Å². The molecule has 0 spiro atoms. The van der Waals surface area contributed by atoms with Gasteiger partial charge in [0.2, 0.25) is 16.0 Å². The second-order valence-corrected chi connectivity index (χ2v) is 8.66. The number of hydrazine groups is 1. The Kier molecular flexibility index (Phi) is 5.52. The molecule has 0 unspecified atom stereocenters. The number of rotatable bonds is 4. The van der Waals surface area contributed by atoms with E-state index in [2.05, 4.69) is 15.3 Å². The Morgan fingerprint density at radius 3 is 2.56 bits per heavy atom. The second-order valence-electron chi connectivity index (χ2n) is 6.36. The lowest BCUT2D eigenvalue weighted by Crippen LogP contribution is -2.48. The molecule has 148 valence electrons. The van der Waals surface area contributed by atoms with Crippen LogP contribution < -0.4 is 20.9 Å². The molecular weight excluding hydrogens is 392 g/mol. The van der Waals surface area contributed by atoms with Crippen molar-refractivity contribution in [2.75, 3.05) is 45.3 Å². The van der Waals surface area contributed by atoms with Crippen LogP contribution in [-0.4, -0.2) is 63.9 Å². The second kappa shape index (κ2) is 7.55. The number of anilines is 1. The molecule has 2 aliphatic heterocycles. The first kappa shape index (κ1) is 19.7. The van der Waals surface area contributed by atoms with Crippen LogP contribution in [0.5, 0.6) is 5.75 Å². The molecule has 1 fully saturated rings. The number of halogens is 1. The quantitative estimate of drug-likeness (QED) is 0.699. The fourth-order valence-electron chi connectivity index (χ4n) is 2.92. The molecule has 0 bridgehead atoms. The summed E-state index contributed by atoms with van der Waals surface area (Å²) in [6.07, 6.45) is 0. The van der Waals surface area contributed by atoms with Gasteiger partial charge in [-0.2, -0.15) is 9.30 Å². The zero-order valence-electron chi connectivity index (χ0n) is 15.4. The van der Waals surface area contributed by atoms with Gasteiger partial charge in [0.05, 0.1) is 17.7 Å². The summed E-state index contributed by atoms with van der Waals surface area (Å²) in [4.78, 5) is 6.24. The number of likely N-dealkylation sites (N-methyl/N-ethyl adjacent to an activating group) is 1. The third-order valence-electron chi connectivity index (χ3n) is 4.57. The van der Waals surface area contributed by atoms with Gasteiger partial charge in [-0.15, -0.1) is 0 Å². The molecule has 3 N–H and O–H groups in total. The SMILES string of the molecule is COc1cc(S(=O)(=O)N2CCN(C)CC2)ccc1N1NC(N)=NC(Cl)=C1C. The van der Waals surface area contributed by atoms with Gasteiger partial charge in [0.15, 0.2) is 5.16 Å². The summed E-state index contributed by atoms with van der Waals surface area (Å²) in [6, 6.07) is 4.71. The summed E-state index contributed by atoms with van der Waals surface area (Å²) < 4.78 is 32.9. The molecule has 0 atom stereocenters. The van der Waals surface area contributed by atoms with Gasteiger partial charge in [0.1, 0.15) is 11.4 Å². The van der Waals surface area contributed by atoms with Crippen molar-refractivity contribution < 1.29 is 13.2 Å². The Bertz CT molecular complexity index is 893. The number of benzene rings is 1. The van der Waals surface area contributed by atoms with Crippen LogP contribution in [0.4, 0.5) is 5.69 Å². The molecule has 0 aliphatic carbocycles. The molecule has 2 heterocycles. The van der Waals surface area contributed by atoms with Crippen LogP contribution in [0.1, 0.15) is 6.92 Å². The molecule has 0 amide bonds. The third-order valence-corrected chi connectivity index (χ3v) is 6.82. The van der Waals surface area contributed by atoms with E-state index in [-0.39, 0.29) is 16.0 Å². The van der Waals surface area contributed by atoms with E-state index in [9.17, 15) is 8.42 Å². The summed E-state index contributed by atoms with van der Waals surface area (Å²) in [6.45, 7) is 4.09. The number of sulfonamides is 1. The highest BCUT2D eigenvalue weighted by atomic mass is 35.5. The lowest BCUT2D eigenvalue weighted by Gasteiger charge is -2.32. The molecule has 27 heavy (non-hydrogen) atoms. The molecule has 3 rings (SSSR count). The summed E-state index contributed by atoms with van der Waals surface area (Å²) in [5.41, 5.74) is 9.82. The average molecular weight is 415 g/mol. The van der Waals surface area contributed by atoms with Crippen molar-refractivity contribution in [1.82, 2.24) is 14.6 Å². The lowest BCUT2D eigenvalue weighted by molar-refractivity contribution is 0.222. The Morgan fingerprint density at radius 2 is 1.93 bits per heavy atom. The Labute approximate surface area is 164 Å². The van der Waals surface area contributed by atoms with E-state index in [4.69, 9.17) is 22.1 Å². The van der Waals surface area contributed by atoms with Gasteiger partial charge in [-0.05, 0) is 26.1 Å². The first-order valence-corrected chi connectivity index (χ1v) is 10.2. The van der Waals surface area contributed by atoms with E-state index < -0.39 is 10.0 Å². The minimum absolute atomic E-state index is 0.127. The number of ether oxygens (including phenoxy) is 1. The summed E-state index contributed by atoms with van der Waals surface area (Å²) in [7, 11) is -0.144. The number of hydrogen-bond acceptors (Lipinski definition) is 8. The van der Waals surface area contributed by atoms with Crippen LogP contribution in [-0.2, 0) is 10.0 Å². The number of piperazine rings is 1. The number of methoxy groups -OCH3 is 1. The van der Waals surface area contributed by atoms with E-state index in [0.29, 0.717) is 43.3 Å². The largest absolute Gasteiger partial charge is 0.494 e. The van der Waals surface area contributed by atoms with Crippen molar-refractivity contribution in [3.63, 3.8) is 0 Å². The molecule has 0 saturated carbocycles. The summed E-state index contributed by atoms with van der Waals surface area (Å²) in [5.74, 6) is 0.498. The predicted molar refractivity (Wildman–Crippen MR) is 105 cm³/mol. The average Bonchev–Trinajstić information content (AvgIpc) is 2.64. The summed E-state index contributed by atoms with van der Waals surface area (Å²) in [5, 5.41) is 1.85. The third kappa shape index (κ3) is 3.84. The molecule has 1 aromatic rings. The molecule has 0 aromatic heterocycles. The molecule has 0 radical (unpaired) electrons. The van der Waals surface area contributed by atoms with Gasteiger partial charge in [0.25, 0.3) is 0 Å². The van der Waals surface area contributed by atoms with Gasteiger partial charge in [-0.25, -0.2) is 8.42 Å². The molecular formula is C16H23ClN6O3S. The highest BCUT2D eigenvalue weighted by Gasteiger charge is 2.29. The van der Waals surface area contributed by atoms with E-state index in [1.165, 1.54) is 17.5 Å². The zero-order chi connectivity index (χ0) is 19.8. The van der Waals surface area contributed by atoms with E-state index >= 15 is 0 Å². The summed E-state index contributed by atoms with van der Waals surface area (Å²) >= 11 is 6.10. The Hall–Kier alpha value is -2.01. The lowest BCUT2D eigenvalue weighted by atomic mass is 10.2. The highest BCUT2D eigenvalue weighted by molar-refractivity contribution is 7.89. The fraction of sp³-hybridized carbons (Fsp3) is 0.438. The highest BCUT2D eigenvalue weighted by Crippen LogP contribution is 2.34. The molecule has 11 heteroatoms. The smallest absolute Gasteiger partial charge is 0.243 e. The van der Waals surface area contributed by atoms with Gasteiger partial charge < -0.3 is 15.4 Å². The molecule has 1 aromatic carbocycles. The number of allylic oxidation sites excluding steroid dienone is 1.